The third kappa shape index (κ3) is 5.17. The van der Waals surface area contributed by atoms with E-state index in [-0.39, 0.29) is 28.7 Å². The van der Waals surface area contributed by atoms with Crippen LogP contribution in [0.15, 0.2) is 42.6 Å². The zero-order valence-corrected chi connectivity index (χ0v) is 23.5. The molecule has 3 aliphatic rings. The standard InChI is InChI=1S/C30H35N5O4S/c1-18-2-4-21(5-3-18)29(36)34(22-11-14-39-15-12-22)24-17-25(40-28(24)30(37)38)20-8-6-19(7-9-20)23-16-27-32-13-10-26(31)35(27)33-23/h6,8-10,13,16-19,21-22H,2-5,7,11-12,14-15,31H2,1H3,(H,37,38). The number of amides is 1. The van der Waals surface area contributed by atoms with Crippen LogP contribution in [0.4, 0.5) is 11.5 Å². The van der Waals surface area contributed by atoms with Gasteiger partial charge in [0.25, 0.3) is 0 Å². The summed E-state index contributed by atoms with van der Waals surface area (Å²) in [5, 5.41) is 14.9. The normalized spacial score (nSPS) is 23.7. The lowest BCUT2D eigenvalue weighted by atomic mass is 9.82. The molecule has 40 heavy (non-hydrogen) atoms. The van der Waals surface area contributed by atoms with E-state index in [4.69, 9.17) is 10.5 Å². The molecular weight excluding hydrogens is 526 g/mol. The van der Waals surface area contributed by atoms with Crippen molar-refractivity contribution in [3.05, 3.63) is 58.1 Å². The van der Waals surface area contributed by atoms with Gasteiger partial charge in [-0.1, -0.05) is 25.2 Å². The number of hydrogen-bond acceptors (Lipinski definition) is 7. The second kappa shape index (κ2) is 11.2. The highest BCUT2D eigenvalue weighted by molar-refractivity contribution is 7.15. The number of fused-ring (bicyclic) bond motifs is 1. The summed E-state index contributed by atoms with van der Waals surface area (Å²) < 4.78 is 7.23. The van der Waals surface area contributed by atoms with Crippen LogP contribution in [0.1, 0.15) is 78.0 Å². The largest absolute Gasteiger partial charge is 0.477 e. The van der Waals surface area contributed by atoms with Crippen LogP contribution in [0, 0.1) is 11.8 Å². The predicted octanol–water partition coefficient (Wildman–Crippen LogP) is 5.54. The predicted molar refractivity (Wildman–Crippen MR) is 156 cm³/mol. The first-order valence-electron chi connectivity index (χ1n) is 14.2. The molecule has 6 rings (SSSR count). The quantitative estimate of drug-likeness (QED) is 0.405. The Balaban J connectivity index is 1.29. The maximum absolute atomic E-state index is 14.0. The molecule has 1 aliphatic heterocycles. The van der Waals surface area contributed by atoms with E-state index < -0.39 is 5.97 Å². The molecule has 9 nitrogen and oxygen atoms in total. The maximum atomic E-state index is 14.0. The van der Waals surface area contributed by atoms with Crippen LogP contribution in [-0.4, -0.2) is 50.8 Å². The Kier molecular flexibility index (Phi) is 7.46. The number of thiophene rings is 1. The molecule has 0 bridgehead atoms. The summed E-state index contributed by atoms with van der Waals surface area (Å²) in [5.74, 6) is 0.238. The fraction of sp³-hybridized carbons (Fsp3) is 0.467. The Morgan fingerprint density at radius 2 is 1.93 bits per heavy atom. The van der Waals surface area contributed by atoms with Gasteiger partial charge >= 0.3 is 5.97 Å². The van der Waals surface area contributed by atoms with E-state index in [0.717, 1.165) is 41.8 Å². The van der Waals surface area contributed by atoms with Crippen molar-refractivity contribution in [3.8, 4) is 0 Å². The van der Waals surface area contributed by atoms with E-state index in [1.54, 1.807) is 16.8 Å². The van der Waals surface area contributed by atoms with Crippen molar-refractivity contribution < 1.29 is 19.4 Å². The SMILES string of the molecule is CC1CCC(C(=O)N(c2cc(C3=CCC(c4cc5nccc(N)n5n4)C=C3)sc2C(=O)O)C2CCOCC2)CC1. The van der Waals surface area contributed by atoms with E-state index in [1.165, 1.54) is 11.3 Å². The zero-order valence-electron chi connectivity index (χ0n) is 22.7. The van der Waals surface area contributed by atoms with Crippen molar-refractivity contribution in [2.45, 2.75) is 63.8 Å². The molecule has 10 heteroatoms. The van der Waals surface area contributed by atoms with Crippen molar-refractivity contribution in [1.29, 1.82) is 0 Å². The molecule has 0 radical (unpaired) electrons. The summed E-state index contributed by atoms with van der Waals surface area (Å²) in [6, 6.07) is 5.52. The number of nitrogen functional groups attached to an aromatic ring is 1. The molecule has 1 atom stereocenters. The molecular formula is C30H35N5O4S. The third-order valence-electron chi connectivity index (χ3n) is 8.50. The number of aromatic carboxylic acids is 1. The van der Waals surface area contributed by atoms with Crippen molar-refractivity contribution in [2.24, 2.45) is 11.8 Å². The minimum Gasteiger partial charge on any atom is -0.477 e. The van der Waals surface area contributed by atoms with Crippen LogP contribution < -0.4 is 10.6 Å². The molecule has 1 unspecified atom stereocenters. The van der Waals surface area contributed by atoms with Gasteiger partial charge < -0.3 is 20.5 Å². The zero-order chi connectivity index (χ0) is 27.8. The Hall–Kier alpha value is -3.50. The summed E-state index contributed by atoms with van der Waals surface area (Å²) in [4.78, 5) is 33.7. The fourth-order valence-corrected chi connectivity index (χ4v) is 7.14. The van der Waals surface area contributed by atoms with Gasteiger partial charge in [-0.05, 0) is 68.6 Å². The van der Waals surface area contributed by atoms with Crippen molar-refractivity contribution >= 4 is 45.9 Å². The molecule has 2 fully saturated rings. The van der Waals surface area contributed by atoms with Crippen LogP contribution in [0.5, 0.6) is 0 Å². The Morgan fingerprint density at radius 3 is 2.60 bits per heavy atom. The van der Waals surface area contributed by atoms with Gasteiger partial charge in [0, 0.05) is 48.2 Å². The van der Waals surface area contributed by atoms with E-state index in [9.17, 15) is 14.7 Å². The van der Waals surface area contributed by atoms with E-state index in [0.29, 0.717) is 55.5 Å². The number of nitrogens with zero attached hydrogens (tertiary/aromatic N) is 4. The average molecular weight is 562 g/mol. The van der Waals surface area contributed by atoms with Crippen LogP contribution in [0.2, 0.25) is 0 Å². The van der Waals surface area contributed by atoms with Crippen LogP contribution >= 0.6 is 11.3 Å². The lowest BCUT2D eigenvalue weighted by Crippen LogP contribution is -2.47. The molecule has 1 saturated heterocycles. The molecule has 3 aromatic heterocycles. The number of hydrogen-bond donors (Lipinski definition) is 2. The number of anilines is 2. The smallest absolute Gasteiger partial charge is 0.348 e. The van der Waals surface area contributed by atoms with Crippen molar-refractivity contribution in [3.63, 3.8) is 0 Å². The number of nitrogens with two attached hydrogens (primary N) is 1. The lowest BCUT2D eigenvalue weighted by Gasteiger charge is -2.37. The third-order valence-corrected chi connectivity index (χ3v) is 9.66. The van der Waals surface area contributed by atoms with Gasteiger partial charge in [-0.25, -0.2) is 9.78 Å². The first-order chi connectivity index (χ1) is 19.4. The van der Waals surface area contributed by atoms with Crippen LogP contribution in [-0.2, 0) is 9.53 Å². The maximum Gasteiger partial charge on any atom is 0.348 e. The molecule has 3 aromatic rings. The lowest BCUT2D eigenvalue weighted by molar-refractivity contribution is -0.124. The second-order valence-corrected chi connectivity index (χ2v) is 12.3. The number of allylic oxidation sites excluding steroid dienone is 4. The highest BCUT2D eigenvalue weighted by atomic mass is 32.1. The molecule has 1 saturated carbocycles. The Morgan fingerprint density at radius 1 is 1.15 bits per heavy atom. The molecule has 2 aliphatic carbocycles. The van der Waals surface area contributed by atoms with Gasteiger partial charge in [-0.3, -0.25) is 4.79 Å². The topological polar surface area (TPSA) is 123 Å². The molecule has 3 N–H and O–H groups in total. The van der Waals surface area contributed by atoms with Gasteiger partial charge in [0.05, 0.1) is 11.4 Å². The number of rotatable bonds is 6. The molecule has 210 valence electrons. The summed E-state index contributed by atoms with van der Waals surface area (Å²) in [6.45, 7) is 3.39. The highest BCUT2D eigenvalue weighted by Crippen LogP contribution is 2.41. The molecule has 0 spiro atoms. The summed E-state index contributed by atoms with van der Waals surface area (Å²) in [7, 11) is 0. The molecule has 1 amide bonds. The summed E-state index contributed by atoms with van der Waals surface area (Å²) >= 11 is 1.24. The number of carbonyl (C=O) groups is 2. The van der Waals surface area contributed by atoms with E-state index in [2.05, 4.69) is 29.2 Å². The first kappa shape index (κ1) is 26.7. The first-order valence-corrected chi connectivity index (χ1v) is 15.0. The van der Waals surface area contributed by atoms with Gasteiger partial charge in [0.1, 0.15) is 10.7 Å². The van der Waals surface area contributed by atoms with E-state index >= 15 is 0 Å². The summed E-state index contributed by atoms with van der Waals surface area (Å²) in [5.41, 5.74) is 9.12. The summed E-state index contributed by atoms with van der Waals surface area (Å²) in [6.07, 6.45) is 13.8. The number of aromatic nitrogens is 3. The van der Waals surface area contributed by atoms with Crippen molar-refractivity contribution in [1.82, 2.24) is 14.6 Å². The van der Waals surface area contributed by atoms with Gasteiger partial charge in [0.2, 0.25) is 5.91 Å². The van der Waals surface area contributed by atoms with E-state index in [1.807, 2.05) is 23.1 Å². The second-order valence-electron chi connectivity index (χ2n) is 11.2. The van der Waals surface area contributed by atoms with Gasteiger partial charge in [-0.2, -0.15) is 9.61 Å². The van der Waals surface area contributed by atoms with Crippen LogP contribution in [0.3, 0.4) is 0 Å². The molecule has 0 aromatic carbocycles. The number of ether oxygens (including phenoxy) is 1. The Bertz CT molecular complexity index is 1480. The monoisotopic (exact) mass is 561 g/mol. The fourth-order valence-electron chi connectivity index (χ4n) is 6.13. The minimum absolute atomic E-state index is 0.0579. The van der Waals surface area contributed by atoms with Crippen molar-refractivity contribution in [2.75, 3.05) is 23.8 Å². The highest BCUT2D eigenvalue weighted by Gasteiger charge is 2.36. The molecule has 4 heterocycles. The van der Waals surface area contributed by atoms with Crippen LogP contribution in [0.25, 0.3) is 11.2 Å². The Labute approximate surface area is 237 Å². The minimum atomic E-state index is -0.999. The average Bonchev–Trinajstić information content (AvgIpc) is 3.61. The number of carboxylic acids is 1. The van der Waals surface area contributed by atoms with Gasteiger partial charge in [-0.15, -0.1) is 11.3 Å². The number of carboxylic acid groups (broad SMARTS) is 1. The number of carbonyl (C=O) groups excluding carboxylic acids is 1. The van der Waals surface area contributed by atoms with Gasteiger partial charge in [0.15, 0.2) is 5.65 Å².